The highest BCUT2D eigenvalue weighted by atomic mass is 16.2. The Balaban J connectivity index is 2.70. The third kappa shape index (κ3) is 2.96. The summed E-state index contributed by atoms with van der Waals surface area (Å²) in [6.45, 7) is 12.9. The summed E-state index contributed by atoms with van der Waals surface area (Å²) in [6, 6.07) is 0.319. The topological polar surface area (TPSA) is 55.1 Å². The van der Waals surface area contributed by atoms with E-state index in [4.69, 9.17) is 5.73 Å². The molecule has 0 aromatic carbocycles. The molecule has 3 heteroatoms. The van der Waals surface area contributed by atoms with Crippen molar-refractivity contribution in [2.24, 2.45) is 22.5 Å². The van der Waals surface area contributed by atoms with Crippen LogP contribution in [0.3, 0.4) is 0 Å². The summed E-state index contributed by atoms with van der Waals surface area (Å²) in [6.07, 6.45) is 4.10. The Kier molecular flexibility index (Phi) is 5.05. The lowest BCUT2D eigenvalue weighted by Gasteiger charge is -2.63. The number of nitrogens with two attached hydrogens (primary N) is 1. The maximum absolute atomic E-state index is 12.5. The normalized spacial score (nSPS) is 28.0. The van der Waals surface area contributed by atoms with Crippen molar-refractivity contribution in [2.45, 2.75) is 79.3 Å². The number of hydrogen-bond acceptors (Lipinski definition) is 2. The molecule has 0 aromatic heterocycles. The van der Waals surface area contributed by atoms with E-state index in [0.29, 0.717) is 0 Å². The second kappa shape index (κ2) is 5.82. The van der Waals surface area contributed by atoms with Crippen molar-refractivity contribution in [3.8, 4) is 0 Å². The first kappa shape index (κ1) is 16.5. The predicted octanol–water partition coefficient (Wildman–Crippen LogP) is 3.08. The SMILES string of the molecule is CCCC(CCC)C(=O)NC1C(C)(C)C(N)C1(C)C. The van der Waals surface area contributed by atoms with Crippen LogP contribution in [0.25, 0.3) is 0 Å². The molecule has 0 atom stereocenters. The van der Waals surface area contributed by atoms with E-state index in [-0.39, 0.29) is 34.7 Å². The van der Waals surface area contributed by atoms with E-state index >= 15 is 0 Å². The van der Waals surface area contributed by atoms with E-state index < -0.39 is 0 Å². The quantitative estimate of drug-likeness (QED) is 0.778. The van der Waals surface area contributed by atoms with E-state index in [0.717, 1.165) is 25.7 Å². The zero-order chi connectivity index (χ0) is 14.8. The van der Waals surface area contributed by atoms with E-state index in [9.17, 15) is 4.79 Å². The van der Waals surface area contributed by atoms with Gasteiger partial charge in [-0.1, -0.05) is 54.4 Å². The van der Waals surface area contributed by atoms with Crippen LogP contribution in [0.15, 0.2) is 0 Å². The fourth-order valence-corrected chi connectivity index (χ4v) is 3.92. The third-order valence-corrected chi connectivity index (χ3v) is 5.02. The van der Waals surface area contributed by atoms with Crippen molar-refractivity contribution < 1.29 is 4.79 Å². The zero-order valence-electron chi connectivity index (χ0n) is 13.5. The van der Waals surface area contributed by atoms with Gasteiger partial charge in [0.25, 0.3) is 0 Å². The first-order valence-electron chi connectivity index (χ1n) is 7.75. The molecule has 1 amide bonds. The average molecular weight is 268 g/mol. The minimum Gasteiger partial charge on any atom is -0.352 e. The second-order valence-corrected chi connectivity index (χ2v) is 7.34. The van der Waals surface area contributed by atoms with Gasteiger partial charge in [-0.05, 0) is 12.8 Å². The largest absolute Gasteiger partial charge is 0.352 e. The maximum atomic E-state index is 12.5. The standard InChI is InChI=1S/C16H32N2O/c1-7-9-11(10-8-2)12(19)18-14-15(3,4)13(17)16(14,5)6/h11,13-14H,7-10,17H2,1-6H3,(H,18,19). The smallest absolute Gasteiger partial charge is 0.223 e. The Morgan fingerprint density at radius 2 is 1.53 bits per heavy atom. The van der Waals surface area contributed by atoms with Gasteiger partial charge in [0, 0.05) is 28.8 Å². The molecule has 0 aromatic rings. The van der Waals surface area contributed by atoms with E-state index in [2.05, 4.69) is 46.9 Å². The molecule has 1 rings (SSSR count). The Hall–Kier alpha value is -0.570. The molecular formula is C16H32N2O. The average Bonchev–Trinajstić information content (AvgIpc) is 2.34. The van der Waals surface area contributed by atoms with Gasteiger partial charge in [0.05, 0.1) is 0 Å². The van der Waals surface area contributed by atoms with Gasteiger partial charge in [0.15, 0.2) is 0 Å². The number of rotatable bonds is 6. The van der Waals surface area contributed by atoms with Gasteiger partial charge >= 0.3 is 0 Å². The number of nitrogens with one attached hydrogen (secondary N) is 1. The van der Waals surface area contributed by atoms with Crippen molar-refractivity contribution in [2.75, 3.05) is 0 Å². The predicted molar refractivity (Wildman–Crippen MR) is 80.8 cm³/mol. The molecule has 0 radical (unpaired) electrons. The summed E-state index contributed by atoms with van der Waals surface area (Å²) < 4.78 is 0. The van der Waals surface area contributed by atoms with Crippen LogP contribution in [0.2, 0.25) is 0 Å². The third-order valence-electron chi connectivity index (χ3n) is 5.02. The highest BCUT2D eigenvalue weighted by Gasteiger charge is 2.60. The van der Waals surface area contributed by atoms with Crippen LogP contribution in [0.5, 0.6) is 0 Å². The fraction of sp³-hybridized carbons (Fsp3) is 0.938. The first-order valence-corrected chi connectivity index (χ1v) is 7.75. The summed E-state index contributed by atoms with van der Waals surface area (Å²) in [4.78, 5) is 12.5. The van der Waals surface area contributed by atoms with Crippen LogP contribution in [-0.4, -0.2) is 18.0 Å². The fourth-order valence-electron chi connectivity index (χ4n) is 3.92. The monoisotopic (exact) mass is 268 g/mol. The van der Waals surface area contributed by atoms with E-state index in [1.54, 1.807) is 0 Å². The molecule has 0 saturated heterocycles. The molecule has 0 spiro atoms. The Morgan fingerprint density at radius 1 is 1.11 bits per heavy atom. The lowest BCUT2D eigenvalue weighted by atomic mass is 9.48. The summed E-state index contributed by atoms with van der Waals surface area (Å²) in [5.41, 5.74) is 6.22. The summed E-state index contributed by atoms with van der Waals surface area (Å²) >= 11 is 0. The summed E-state index contributed by atoms with van der Waals surface area (Å²) in [5.74, 6) is 0.389. The van der Waals surface area contributed by atoms with Gasteiger partial charge in [0.1, 0.15) is 0 Å². The highest BCUT2D eigenvalue weighted by Crippen LogP contribution is 2.52. The number of carbonyl (C=O) groups excluding carboxylic acids is 1. The van der Waals surface area contributed by atoms with Crippen molar-refractivity contribution in [1.82, 2.24) is 5.32 Å². The van der Waals surface area contributed by atoms with Gasteiger partial charge in [-0.25, -0.2) is 0 Å². The molecule has 0 heterocycles. The number of hydrogen-bond donors (Lipinski definition) is 2. The minimum absolute atomic E-state index is 0.0118. The molecule has 1 saturated carbocycles. The van der Waals surface area contributed by atoms with Gasteiger partial charge in [-0.3, -0.25) is 4.79 Å². The lowest BCUT2D eigenvalue weighted by Crippen LogP contribution is -2.76. The number of carbonyl (C=O) groups is 1. The molecule has 19 heavy (non-hydrogen) atoms. The van der Waals surface area contributed by atoms with Crippen LogP contribution in [0, 0.1) is 16.7 Å². The summed E-state index contributed by atoms with van der Waals surface area (Å²) in [5, 5.41) is 3.28. The van der Waals surface area contributed by atoms with Crippen molar-refractivity contribution >= 4 is 5.91 Å². The van der Waals surface area contributed by atoms with Gasteiger partial charge in [0.2, 0.25) is 5.91 Å². The highest BCUT2D eigenvalue weighted by molar-refractivity contribution is 5.79. The second-order valence-electron chi connectivity index (χ2n) is 7.34. The van der Waals surface area contributed by atoms with Crippen molar-refractivity contribution in [3.63, 3.8) is 0 Å². The van der Waals surface area contributed by atoms with Crippen LogP contribution >= 0.6 is 0 Å². The molecule has 3 N–H and O–H groups in total. The molecule has 112 valence electrons. The van der Waals surface area contributed by atoms with Gasteiger partial charge < -0.3 is 11.1 Å². The summed E-state index contributed by atoms with van der Waals surface area (Å²) in [7, 11) is 0. The first-order chi connectivity index (χ1) is 8.69. The van der Waals surface area contributed by atoms with E-state index in [1.807, 2.05) is 0 Å². The van der Waals surface area contributed by atoms with E-state index in [1.165, 1.54) is 0 Å². The lowest BCUT2D eigenvalue weighted by molar-refractivity contribution is -0.136. The molecule has 0 bridgehead atoms. The number of amides is 1. The van der Waals surface area contributed by atoms with Crippen molar-refractivity contribution in [1.29, 1.82) is 0 Å². The molecule has 0 unspecified atom stereocenters. The molecule has 1 aliphatic carbocycles. The molecule has 1 fully saturated rings. The Labute approximate surface area is 118 Å². The Bertz CT molecular complexity index is 301. The van der Waals surface area contributed by atoms with Crippen LogP contribution in [0.1, 0.15) is 67.2 Å². The molecular weight excluding hydrogens is 236 g/mol. The molecule has 1 aliphatic rings. The minimum atomic E-state index is -0.0118. The van der Waals surface area contributed by atoms with Gasteiger partial charge in [-0.15, -0.1) is 0 Å². The van der Waals surface area contributed by atoms with Crippen LogP contribution in [-0.2, 0) is 4.79 Å². The zero-order valence-corrected chi connectivity index (χ0v) is 13.5. The van der Waals surface area contributed by atoms with Crippen LogP contribution in [0.4, 0.5) is 0 Å². The van der Waals surface area contributed by atoms with Crippen molar-refractivity contribution in [3.05, 3.63) is 0 Å². The van der Waals surface area contributed by atoms with Crippen LogP contribution < -0.4 is 11.1 Å². The molecule has 0 aliphatic heterocycles. The maximum Gasteiger partial charge on any atom is 0.223 e. The molecule has 3 nitrogen and oxygen atoms in total. The van der Waals surface area contributed by atoms with Gasteiger partial charge in [-0.2, -0.15) is 0 Å². The Morgan fingerprint density at radius 3 is 1.89 bits per heavy atom.